The SMILES string of the molecule is Cc1ccc(-c2ccc([C@@H]3[C@H]4CN(C(=O)Nc5ccccc5)CCCCN4[C@H]3CO)cc2)cc1. The van der Waals surface area contributed by atoms with Gasteiger partial charge in [0.25, 0.3) is 0 Å². The number of hydrogen-bond acceptors (Lipinski definition) is 3. The second-order valence-corrected chi connectivity index (χ2v) is 9.52. The van der Waals surface area contributed by atoms with E-state index >= 15 is 0 Å². The van der Waals surface area contributed by atoms with Crippen LogP contribution in [0.5, 0.6) is 0 Å². The Morgan fingerprint density at radius 2 is 1.56 bits per heavy atom. The first-order valence-corrected chi connectivity index (χ1v) is 12.3. The lowest BCUT2D eigenvalue weighted by molar-refractivity contribution is -0.0585. The number of aliphatic hydroxyl groups excluding tert-OH is 1. The predicted octanol–water partition coefficient (Wildman–Crippen LogP) is 5.12. The zero-order chi connectivity index (χ0) is 23.5. The minimum absolute atomic E-state index is 0.0473. The molecule has 3 aromatic rings. The first-order valence-electron chi connectivity index (χ1n) is 12.3. The Hall–Kier alpha value is -3.15. The van der Waals surface area contributed by atoms with Crippen LogP contribution in [0.15, 0.2) is 78.9 Å². The van der Waals surface area contributed by atoms with E-state index in [1.165, 1.54) is 22.3 Å². The molecule has 2 amide bonds. The topological polar surface area (TPSA) is 55.8 Å². The van der Waals surface area contributed by atoms with Crippen molar-refractivity contribution in [2.75, 3.05) is 31.6 Å². The standard InChI is InChI=1S/C29H33N3O2/c1-21-9-11-22(12-10-21)23-13-15-24(16-14-23)28-26-19-31(17-5-6-18-32(26)27(28)20-33)29(34)30-25-7-3-2-4-8-25/h2-4,7-16,26-28,33H,5-6,17-20H2,1H3,(H,30,34)/t26-,27+,28-/m1/s1. The van der Waals surface area contributed by atoms with E-state index in [-0.39, 0.29) is 30.6 Å². The zero-order valence-electron chi connectivity index (χ0n) is 19.7. The largest absolute Gasteiger partial charge is 0.395 e. The highest BCUT2D eigenvalue weighted by Crippen LogP contribution is 2.42. The highest BCUT2D eigenvalue weighted by molar-refractivity contribution is 5.89. The molecule has 2 N–H and O–H groups in total. The van der Waals surface area contributed by atoms with Gasteiger partial charge >= 0.3 is 6.03 Å². The van der Waals surface area contributed by atoms with Crippen molar-refractivity contribution in [1.82, 2.24) is 9.80 Å². The Bertz CT molecular complexity index is 1100. The van der Waals surface area contributed by atoms with E-state index in [1.54, 1.807) is 0 Å². The summed E-state index contributed by atoms with van der Waals surface area (Å²) in [6, 6.07) is 27.3. The molecule has 176 valence electrons. The number of para-hydroxylation sites is 1. The molecule has 0 unspecified atom stereocenters. The van der Waals surface area contributed by atoms with E-state index in [4.69, 9.17) is 0 Å². The Morgan fingerprint density at radius 3 is 2.24 bits per heavy atom. The lowest BCUT2D eigenvalue weighted by Gasteiger charge is -2.57. The maximum Gasteiger partial charge on any atom is 0.321 e. The number of nitrogens with zero attached hydrogens (tertiary/aromatic N) is 2. The number of hydrogen-bond donors (Lipinski definition) is 2. The van der Waals surface area contributed by atoms with Crippen LogP contribution in [0.4, 0.5) is 10.5 Å². The van der Waals surface area contributed by atoms with Gasteiger partial charge in [0.05, 0.1) is 6.61 Å². The van der Waals surface area contributed by atoms with Gasteiger partial charge < -0.3 is 15.3 Å². The quantitative estimate of drug-likeness (QED) is 0.574. The number of benzene rings is 3. The third-order valence-electron chi connectivity index (χ3n) is 7.36. The zero-order valence-corrected chi connectivity index (χ0v) is 19.7. The molecular formula is C29H33N3O2. The summed E-state index contributed by atoms with van der Waals surface area (Å²) < 4.78 is 0. The first kappa shape index (κ1) is 22.6. The van der Waals surface area contributed by atoms with Gasteiger partial charge in [-0.05, 0) is 55.1 Å². The number of anilines is 1. The number of urea groups is 1. The van der Waals surface area contributed by atoms with Crippen molar-refractivity contribution in [2.24, 2.45) is 0 Å². The lowest BCUT2D eigenvalue weighted by atomic mass is 9.74. The number of carbonyl (C=O) groups excluding carboxylic acids is 1. The van der Waals surface area contributed by atoms with Gasteiger partial charge in [-0.25, -0.2) is 4.79 Å². The normalized spacial score (nSPS) is 22.8. The van der Waals surface area contributed by atoms with E-state index < -0.39 is 0 Å². The minimum Gasteiger partial charge on any atom is -0.395 e. The van der Waals surface area contributed by atoms with E-state index in [0.29, 0.717) is 6.54 Å². The van der Waals surface area contributed by atoms with Crippen LogP contribution < -0.4 is 5.32 Å². The number of fused-ring (bicyclic) bond motifs is 1. The Morgan fingerprint density at radius 1 is 0.912 bits per heavy atom. The van der Waals surface area contributed by atoms with Crippen molar-refractivity contribution in [3.8, 4) is 11.1 Å². The summed E-state index contributed by atoms with van der Waals surface area (Å²) in [5.41, 5.74) is 5.71. The van der Waals surface area contributed by atoms with E-state index in [2.05, 4.69) is 65.7 Å². The highest BCUT2D eigenvalue weighted by Gasteiger charge is 2.49. The molecule has 0 spiro atoms. The number of aryl methyl sites for hydroxylation is 1. The molecule has 0 aliphatic carbocycles. The second-order valence-electron chi connectivity index (χ2n) is 9.52. The summed E-state index contributed by atoms with van der Waals surface area (Å²) in [5, 5.41) is 13.3. The van der Waals surface area contributed by atoms with E-state index in [0.717, 1.165) is 31.6 Å². The van der Waals surface area contributed by atoms with Crippen molar-refractivity contribution < 1.29 is 9.90 Å². The van der Waals surface area contributed by atoms with Gasteiger partial charge in [0.15, 0.2) is 0 Å². The van der Waals surface area contributed by atoms with Crippen LogP contribution in [-0.2, 0) is 0 Å². The number of rotatable bonds is 4. The smallest absolute Gasteiger partial charge is 0.321 e. The molecule has 5 rings (SSSR count). The van der Waals surface area contributed by atoms with Crippen molar-refractivity contribution in [3.63, 3.8) is 0 Å². The first-order chi connectivity index (χ1) is 16.6. The molecule has 0 aromatic heterocycles. The van der Waals surface area contributed by atoms with Crippen LogP contribution in [0.1, 0.15) is 29.9 Å². The van der Waals surface area contributed by atoms with Gasteiger partial charge in [0.2, 0.25) is 0 Å². The fourth-order valence-corrected chi connectivity index (χ4v) is 5.49. The molecule has 2 saturated heterocycles. The van der Waals surface area contributed by atoms with Crippen LogP contribution >= 0.6 is 0 Å². The van der Waals surface area contributed by atoms with Crippen molar-refractivity contribution in [1.29, 1.82) is 0 Å². The van der Waals surface area contributed by atoms with Crippen LogP contribution in [0.2, 0.25) is 0 Å². The molecule has 2 aliphatic heterocycles. The summed E-state index contributed by atoms with van der Waals surface area (Å²) in [4.78, 5) is 17.4. The van der Waals surface area contributed by atoms with Crippen LogP contribution in [0, 0.1) is 6.92 Å². The third kappa shape index (κ3) is 4.59. The second kappa shape index (κ2) is 10.00. The third-order valence-corrected chi connectivity index (χ3v) is 7.36. The van der Waals surface area contributed by atoms with Gasteiger partial charge in [-0.2, -0.15) is 0 Å². The highest BCUT2D eigenvalue weighted by atomic mass is 16.3. The summed E-state index contributed by atoms with van der Waals surface area (Å²) in [6.07, 6.45) is 2.00. The van der Waals surface area contributed by atoms with Crippen LogP contribution in [-0.4, -0.2) is 59.3 Å². The monoisotopic (exact) mass is 455 g/mol. The van der Waals surface area contributed by atoms with Crippen molar-refractivity contribution in [2.45, 2.75) is 37.8 Å². The maximum absolute atomic E-state index is 13.1. The summed E-state index contributed by atoms with van der Waals surface area (Å²) in [5.74, 6) is 0.210. The van der Waals surface area contributed by atoms with E-state index in [9.17, 15) is 9.90 Å². The molecular weight excluding hydrogens is 422 g/mol. The minimum atomic E-state index is -0.0473. The average molecular weight is 456 g/mol. The summed E-state index contributed by atoms with van der Waals surface area (Å²) in [7, 11) is 0. The number of amides is 2. The van der Waals surface area contributed by atoms with Crippen LogP contribution in [0.25, 0.3) is 11.1 Å². The maximum atomic E-state index is 13.1. The predicted molar refractivity (Wildman–Crippen MR) is 137 cm³/mol. The van der Waals surface area contributed by atoms with Gasteiger partial charge in [-0.15, -0.1) is 0 Å². The molecule has 2 heterocycles. The summed E-state index contributed by atoms with van der Waals surface area (Å²) >= 11 is 0. The molecule has 34 heavy (non-hydrogen) atoms. The molecule has 3 atom stereocenters. The fraction of sp³-hybridized carbons (Fsp3) is 0.345. The molecule has 5 nitrogen and oxygen atoms in total. The summed E-state index contributed by atoms with van der Waals surface area (Å²) in [6.45, 7) is 4.63. The molecule has 2 aliphatic rings. The average Bonchev–Trinajstić information content (AvgIpc) is 2.84. The van der Waals surface area contributed by atoms with Crippen molar-refractivity contribution >= 4 is 11.7 Å². The number of nitrogens with one attached hydrogen (secondary N) is 1. The van der Waals surface area contributed by atoms with Gasteiger partial charge in [0, 0.05) is 36.8 Å². The van der Waals surface area contributed by atoms with E-state index in [1.807, 2.05) is 35.2 Å². The van der Waals surface area contributed by atoms with Gasteiger partial charge in [0.1, 0.15) is 0 Å². The van der Waals surface area contributed by atoms with Crippen LogP contribution in [0.3, 0.4) is 0 Å². The number of carbonyl (C=O) groups is 1. The molecule has 0 bridgehead atoms. The van der Waals surface area contributed by atoms with Gasteiger partial charge in [-0.3, -0.25) is 4.90 Å². The molecule has 0 saturated carbocycles. The molecule has 3 aromatic carbocycles. The molecule has 2 fully saturated rings. The molecule has 5 heteroatoms. The fourth-order valence-electron chi connectivity index (χ4n) is 5.49. The van der Waals surface area contributed by atoms with Crippen molar-refractivity contribution in [3.05, 3.63) is 90.0 Å². The Balaban J connectivity index is 1.34. The Kier molecular flexibility index (Phi) is 6.66. The number of aliphatic hydroxyl groups is 1. The van der Waals surface area contributed by atoms with Gasteiger partial charge in [-0.1, -0.05) is 72.3 Å². The molecule has 0 radical (unpaired) electrons. The lowest BCUT2D eigenvalue weighted by Crippen LogP contribution is -2.68. The Labute approximate surface area is 202 Å².